The van der Waals surface area contributed by atoms with Gasteiger partial charge < -0.3 is 14.9 Å². The molecule has 1 aliphatic carbocycles. The lowest BCUT2D eigenvalue weighted by molar-refractivity contribution is -0.114. The highest BCUT2D eigenvalue weighted by Crippen LogP contribution is 2.45. The number of benzene rings is 2. The summed E-state index contributed by atoms with van der Waals surface area (Å²) in [5.74, 6) is 1.27. The van der Waals surface area contributed by atoms with Crippen LogP contribution in [0.4, 0.5) is 0 Å². The molecule has 246 valence electrons. The largest absolute Gasteiger partial charge is 0.507 e. The summed E-state index contributed by atoms with van der Waals surface area (Å²) in [4.78, 5) is 13.9. The van der Waals surface area contributed by atoms with Gasteiger partial charge in [0.25, 0.3) is 0 Å². The van der Waals surface area contributed by atoms with E-state index in [2.05, 4.69) is 120 Å². The topological polar surface area (TPSA) is 66.8 Å². The quantitative estimate of drug-likeness (QED) is 0.276. The molecule has 0 bridgehead atoms. The summed E-state index contributed by atoms with van der Waals surface area (Å²) < 4.78 is 6.07. The molecular formula is C41H58O4. The fourth-order valence-corrected chi connectivity index (χ4v) is 5.78. The van der Waals surface area contributed by atoms with Crippen molar-refractivity contribution in [2.24, 2.45) is 10.8 Å². The minimum absolute atomic E-state index is 0.109. The zero-order chi connectivity index (χ0) is 34.0. The Balaban J connectivity index is 2.34. The third kappa shape index (κ3) is 9.00. The van der Waals surface area contributed by atoms with E-state index in [1.807, 2.05) is 12.1 Å². The first kappa shape index (κ1) is 36.4. The van der Waals surface area contributed by atoms with E-state index in [9.17, 15) is 9.90 Å². The van der Waals surface area contributed by atoms with E-state index in [0.29, 0.717) is 12.4 Å². The normalized spacial score (nSPS) is 14.8. The zero-order valence-corrected chi connectivity index (χ0v) is 30.1. The Hall–Kier alpha value is -3.11. The van der Waals surface area contributed by atoms with Gasteiger partial charge >= 0.3 is 0 Å². The summed E-state index contributed by atoms with van der Waals surface area (Å²) >= 11 is 0. The van der Waals surface area contributed by atoms with Crippen LogP contribution in [0, 0.1) is 10.8 Å². The molecular weight excluding hydrogens is 556 g/mol. The number of carbonyl (C=O) groups is 1. The van der Waals surface area contributed by atoms with Gasteiger partial charge in [-0.1, -0.05) is 102 Å². The maximum absolute atomic E-state index is 13.9. The van der Waals surface area contributed by atoms with Gasteiger partial charge in [0, 0.05) is 28.9 Å². The highest BCUT2D eigenvalue weighted by atomic mass is 16.5. The van der Waals surface area contributed by atoms with Gasteiger partial charge in [0.1, 0.15) is 11.5 Å². The number of ketones is 1. The van der Waals surface area contributed by atoms with Gasteiger partial charge in [-0.3, -0.25) is 4.79 Å². The SMILES string of the molecule is CC(C)(C)C1=CC(=C(c2ccc(OCCCCCCO)cc2)c2cc(C(C)(C)C)c(O)c(C(C)(C)C)c2)C=C(C(C)(C)C)C1=O. The smallest absolute Gasteiger partial charge is 0.186 e. The minimum Gasteiger partial charge on any atom is -0.507 e. The second-order valence-electron chi connectivity index (χ2n) is 16.7. The van der Waals surface area contributed by atoms with E-state index in [1.54, 1.807) is 0 Å². The van der Waals surface area contributed by atoms with E-state index >= 15 is 0 Å². The molecule has 0 aromatic heterocycles. The van der Waals surface area contributed by atoms with Crippen molar-refractivity contribution in [3.63, 3.8) is 0 Å². The number of aromatic hydroxyl groups is 1. The number of rotatable bonds is 9. The Morgan fingerprint density at radius 2 is 1.11 bits per heavy atom. The summed E-state index contributed by atoms with van der Waals surface area (Å²) in [5.41, 5.74) is 6.21. The van der Waals surface area contributed by atoms with Crippen LogP contribution in [0.2, 0.25) is 0 Å². The van der Waals surface area contributed by atoms with E-state index in [0.717, 1.165) is 76.0 Å². The fraction of sp³-hybridized carbons (Fsp3) is 0.537. The van der Waals surface area contributed by atoms with Gasteiger partial charge in [-0.05, 0) is 99.6 Å². The van der Waals surface area contributed by atoms with Crippen LogP contribution in [-0.2, 0) is 15.6 Å². The highest BCUT2D eigenvalue weighted by molar-refractivity contribution is 6.12. The molecule has 0 saturated carbocycles. The molecule has 0 saturated heterocycles. The monoisotopic (exact) mass is 614 g/mol. The summed E-state index contributed by atoms with van der Waals surface area (Å²) in [6.07, 6.45) is 8.00. The van der Waals surface area contributed by atoms with Crippen LogP contribution in [0.5, 0.6) is 11.5 Å². The Morgan fingerprint density at radius 3 is 1.53 bits per heavy atom. The first-order valence-corrected chi connectivity index (χ1v) is 16.6. The van der Waals surface area contributed by atoms with E-state index < -0.39 is 0 Å². The number of phenols is 1. The van der Waals surface area contributed by atoms with Crippen LogP contribution in [-0.4, -0.2) is 29.2 Å². The number of phenolic OH excluding ortho intramolecular Hbond substituents is 1. The second kappa shape index (κ2) is 13.7. The number of allylic oxidation sites excluding steroid dienone is 5. The van der Waals surface area contributed by atoms with Crippen molar-refractivity contribution < 1.29 is 19.7 Å². The Labute approximate surface area is 273 Å². The van der Waals surface area contributed by atoms with Gasteiger partial charge in [0.15, 0.2) is 5.78 Å². The van der Waals surface area contributed by atoms with E-state index in [1.165, 1.54) is 0 Å². The number of Topliss-reactive ketones (excluding diaryl/α,β-unsaturated/α-hetero) is 1. The number of hydrogen-bond acceptors (Lipinski definition) is 4. The van der Waals surface area contributed by atoms with E-state index in [4.69, 9.17) is 9.84 Å². The molecule has 0 radical (unpaired) electrons. The minimum atomic E-state index is -0.338. The van der Waals surface area contributed by atoms with Gasteiger partial charge in [0.05, 0.1) is 6.61 Å². The number of unbranched alkanes of at least 4 members (excludes halogenated alkanes) is 3. The molecule has 0 unspecified atom stereocenters. The second-order valence-corrected chi connectivity index (χ2v) is 16.7. The van der Waals surface area contributed by atoms with Crippen molar-refractivity contribution in [1.82, 2.24) is 0 Å². The number of aliphatic hydroxyl groups is 1. The van der Waals surface area contributed by atoms with Crippen molar-refractivity contribution in [2.75, 3.05) is 13.2 Å². The lowest BCUT2D eigenvalue weighted by Crippen LogP contribution is -2.28. The first-order chi connectivity index (χ1) is 20.7. The third-order valence-corrected chi connectivity index (χ3v) is 8.47. The van der Waals surface area contributed by atoms with Crippen LogP contribution < -0.4 is 4.74 Å². The number of aliphatic hydroxyl groups excluding tert-OH is 1. The third-order valence-electron chi connectivity index (χ3n) is 8.47. The number of ether oxygens (including phenoxy) is 1. The molecule has 0 heterocycles. The molecule has 2 aromatic carbocycles. The van der Waals surface area contributed by atoms with Gasteiger partial charge in [-0.2, -0.15) is 0 Å². The predicted octanol–water partition coefficient (Wildman–Crippen LogP) is 10.2. The molecule has 2 N–H and O–H groups in total. The fourth-order valence-electron chi connectivity index (χ4n) is 5.78. The predicted molar refractivity (Wildman–Crippen MR) is 189 cm³/mol. The van der Waals surface area contributed by atoms with Crippen LogP contribution in [0.15, 0.2) is 65.3 Å². The highest BCUT2D eigenvalue weighted by Gasteiger charge is 2.35. The molecule has 4 heteroatoms. The van der Waals surface area contributed by atoms with Gasteiger partial charge in [-0.15, -0.1) is 0 Å². The average molecular weight is 615 g/mol. The Morgan fingerprint density at radius 1 is 0.644 bits per heavy atom. The van der Waals surface area contributed by atoms with Crippen molar-refractivity contribution in [3.8, 4) is 11.5 Å². The van der Waals surface area contributed by atoms with Crippen LogP contribution in [0.3, 0.4) is 0 Å². The van der Waals surface area contributed by atoms with E-state index in [-0.39, 0.29) is 34.1 Å². The molecule has 2 aromatic rings. The summed E-state index contributed by atoms with van der Waals surface area (Å²) in [6, 6.07) is 12.5. The molecule has 0 amide bonds. The molecule has 45 heavy (non-hydrogen) atoms. The number of hydrogen-bond donors (Lipinski definition) is 2. The van der Waals surface area contributed by atoms with Crippen molar-refractivity contribution in [3.05, 3.63) is 87.5 Å². The summed E-state index contributed by atoms with van der Waals surface area (Å²) in [7, 11) is 0. The molecule has 3 rings (SSSR count). The maximum Gasteiger partial charge on any atom is 0.186 e. The molecule has 0 aliphatic heterocycles. The lowest BCUT2D eigenvalue weighted by Gasteiger charge is -2.32. The maximum atomic E-state index is 13.9. The molecule has 4 nitrogen and oxygen atoms in total. The zero-order valence-electron chi connectivity index (χ0n) is 30.1. The average Bonchev–Trinajstić information content (AvgIpc) is 2.90. The van der Waals surface area contributed by atoms with Crippen molar-refractivity contribution in [1.29, 1.82) is 0 Å². The Bertz CT molecular complexity index is 1380. The Kier molecular flexibility index (Phi) is 11.1. The molecule has 0 fully saturated rings. The van der Waals surface area contributed by atoms with Crippen LogP contribution in [0.1, 0.15) is 131 Å². The summed E-state index contributed by atoms with van der Waals surface area (Å²) in [5, 5.41) is 20.6. The standard InChI is InChI=1S/C41H58O4/c1-38(2,3)31-23-28(24-32(36(31)43)39(4,5)6)35(27-17-19-30(20-18-27)45-22-16-14-13-15-21-42)29-25-33(40(7,8)9)37(44)34(26-29)41(10,11)12/h17-20,23-26,42-43H,13-16,21-22H2,1-12H3. The first-order valence-electron chi connectivity index (χ1n) is 16.6. The lowest BCUT2D eigenvalue weighted by atomic mass is 9.70. The summed E-state index contributed by atoms with van der Waals surface area (Å²) in [6.45, 7) is 26.3. The molecule has 0 atom stereocenters. The van der Waals surface area contributed by atoms with Crippen molar-refractivity contribution >= 4 is 11.4 Å². The molecule has 0 spiro atoms. The van der Waals surface area contributed by atoms with Gasteiger partial charge in [0.2, 0.25) is 0 Å². The molecule has 1 aliphatic rings. The van der Waals surface area contributed by atoms with Crippen molar-refractivity contribution in [2.45, 2.75) is 120 Å². The van der Waals surface area contributed by atoms with Crippen LogP contribution in [0.25, 0.3) is 5.57 Å². The van der Waals surface area contributed by atoms with Crippen LogP contribution >= 0.6 is 0 Å². The van der Waals surface area contributed by atoms with Gasteiger partial charge in [-0.25, -0.2) is 0 Å². The number of carbonyl (C=O) groups excluding carboxylic acids is 1.